The summed E-state index contributed by atoms with van der Waals surface area (Å²) in [5.74, 6) is -1.02. The summed E-state index contributed by atoms with van der Waals surface area (Å²) in [7, 11) is -3.33. The number of hydrogen-bond acceptors (Lipinski definition) is 6. The zero-order chi connectivity index (χ0) is 21.6. The smallest absolute Gasteiger partial charge is 0.243 e. The number of anilines is 1. The Balaban J connectivity index is 1.47. The molecule has 11 heteroatoms. The van der Waals surface area contributed by atoms with Gasteiger partial charge in [-0.25, -0.2) is 22.4 Å². The molecule has 1 atom stereocenters. The van der Waals surface area contributed by atoms with Gasteiger partial charge in [0, 0.05) is 18.8 Å². The minimum atomic E-state index is -3.33. The number of amides is 2. The van der Waals surface area contributed by atoms with Gasteiger partial charge in [0.1, 0.15) is 12.7 Å². The second-order valence-electron chi connectivity index (χ2n) is 7.17. The minimum absolute atomic E-state index is 0.0828. The number of nitrogens with zero attached hydrogens (tertiary/aromatic N) is 4. The summed E-state index contributed by atoms with van der Waals surface area (Å²) in [4.78, 5) is 28.5. The number of nitrogens with one attached hydrogen (secondary N) is 2. The standard InChI is InChI=1S/C19H26N6O4S/c1-2-10-30(28,29)24-9-3-4-15(12-24)19(27)21-11-18(26)23-16-5-7-17(8-6-16)25-14-20-13-22-25/h5-8,13-15H,2-4,9-12H2,1H3,(H,21,27)(H,23,26). The maximum absolute atomic E-state index is 12.4. The molecule has 1 saturated heterocycles. The Morgan fingerprint density at radius 1 is 1.23 bits per heavy atom. The number of carbonyl (C=O) groups excluding carboxylic acids is 2. The van der Waals surface area contributed by atoms with Crippen molar-refractivity contribution in [1.29, 1.82) is 0 Å². The van der Waals surface area contributed by atoms with Crippen molar-refractivity contribution in [1.82, 2.24) is 24.4 Å². The van der Waals surface area contributed by atoms with Gasteiger partial charge in [-0.3, -0.25) is 9.59 Å². The van der Waals surface area contributed by atoms with E-state index in [9.17, 15) is 18.0 Å². The van der Waals surface area contributed by atoms with Gasteiger partial charge in [0.25, 0.3) is 0 Å². The molecule has 0 radical (unpaired) electrons. The van der Waals surface area contributed by atoms with Crippen molar-refractivity contribution in [2.24, 2.45) is 5.92 Å². The molecule has 2 N–H and O–H groups in total. The lowest BCUT2D eigenvalue weighted by atomic mass is 9.99. The molecule has 1 unspecified atom stereocenters. The number of carbonyl (C=O) groups is 2. The number of rotatable bonds is 8. The van der Waals surface area contributed by atoms with Crippen molar-refractivity contribution in [3.63, 3.8) is 0 Å². The van der Waals surface area contributed by atoms with E-state index in [2.05, 4.69) is 20.7 Å². The van der Waals surface area contributed by atoms with Gasteiger partial charge in [0.05, 0.1) is 23.9 Å². The summed E-state index contributed by atoms with van der Waals surface area (Å²) < 4.78 is 27.5. The highest BCUT2D eigenvalue weighted by atomic mass is 32.2. The van der Waals surface area contributed by atoms with Gasteiger partial charge in [-0.2, -0.15) is 5.10 Å². The monoisotopic (exact) mass is 434 g/mol. The molecule has 10 nitrogen and oxygen atoms in total. The SMILES string of the molecule is CCCS(=O)(=O)N1CCCC(C(=O)NCC(=O)Nc2ccc(-n3cncn3)cc2)C1. The molecule has 1 aromatic carbocycles. The second-order valence-corrected chi connectivity index (χ2v) is 9.25. The van der Waals surface area contributed by atoms with Crippen molar-refractivity contribution in [2.45, 2.75) is 26.2 Å². The number of aromatic nitrogens is 3. The average Bonchev–Trinajstić information content (AvgIpc) is 3.27. The first kappa shape index (κ1) is 21.9. The van der Waals surface area contributed by atoms with Crippen molar-refractivity contribution in [2.75, 3.05) is 30.7 Å². The molecule has 1 fully saturated rings. The molecule has 2 heterocycles. The van der Waals surface area contributed by atoms with Gasteiger partial charge in [0.2, 0.25) is 21.8 Å². The van der Waals surface area contributed by atoms with Crippen LogP contribution in [0.25, 0.3) is 5.69 Å². The largest absolute Gasteiger partial charge is 0.347 e. The topological polar surface area (TPSA) is 126 Å². The summed E-state index contributed by atoms with van der Waals surface area (Å²) in [6.07, 6.45) is 4.78. The van der Waals surface area contributed by atoms with E-state index >= 15 is 0 Å². The molecule has 162 valence electrons. The van der Waals surface area contributed by atoms with Gasteiger partial charge in [-0.15, -0.1) is 0 Å². The van der Waals surface area contributed by atoms with E-state index in [1.807, 2.05) is 6.92 Å². The highest BCUT2D eigenvalue weighted by Crippen LogP contribution is 2.20. The van der Waals surface area contributed by atoms with Crippen LogP contribution in [0.1, 0.15) is 26.2 Å². The van der Waals surface area contributed by atoms with Crippen LogP contribution in [0, 0.1) is 5.92 Å². The Morgan fingerprint density at radius 3 is 2.67 bits per heavy atom. The fourth-order valence-corrected chi connectivity index (χ4v) is 4.94. The molecule has 1 aliphatic heterocycles. The maximum Gasteiger partial charge on any atom is 0.243 e. The van der Waals surface area contributed by atoms with Crippen molar-refractivity contribution < 1.29 is 18.0 Å². The van der Waals surface area contributed by atoms with Gasteiger partial charge in [0.15, 0.2) is 0 Å². The molecule has 1 aliphatic rings. The Morgan fingerprint density at radius 2 is 2.00 bits per heavy atom. The third-order valence-electron chi connectivity index (χ3n) is 4.87. The lowest BCUT2D eigenvalue weighted by Crippen LogP contribution is -2.47. The van der Waals surface area contributed by atoms with Gasteiger partial charge in [-0.05, 0) is 43.5 Å². The fourth-order valence-electron chi connectivity index (χ4n) is 3.35. The van der Waals surface area contributed by atoms with Crippen LogP contribution in [0.4, 0.5) is 5.69 Å². The van der Waals surface area contributed by atoms with Gasteiger partial charge >= 0.3 is 0 Å². The van der Waals surface area contributed by atoms with E-state index in [-0.39, 0.29) is 30.7 Å². The molecule has 2 amide bonds. The molecular formula is C19H26N6O4S. The number of benzene rings is 1. The van der Waals surface area contributed by atoms with Crippen molar-refractivity contribution in [3.8, 4) is 5.69 Å². The van der Waals surface area contributed by atoms with Crippen LogP contribution in [0.5, 0.6) is 0 Å². The highest BCUT2D eigenvalue weighted by molar-refractivity contribution is 7.89. The van der Waals surface area contributed by atoms with E-state index in [1.165, 1.54) is 10.6 Å². The van der Waals surface area contributed by atoms with Gasteiger partial charge in [-0.1, -0.05) is 6.92 Å². The van der Waals surface area contributed by atoms with E-state index in [4.69, 9.17) is 0 Å². The molecular weight excluding hydrogens is 408 g/mol. The highest BCUT2D eigenvalue weighted by Gasteiger charge is 2.31. The quantitative estimate of drug-likeness (QED) is 0.632. The molecule has 3 rings (SSSR count). The Kier molecular flexibility index (Phi) is 7.16. The summed E-state index contributed by atoms with van der Waals surface area (Å²) in [5.41, 5.74) is 1.39. The lowest BCUT2D eigenvalue weighted by molar-refractivity contribution is -0.128. The molecule has 1 aromatic heterocycles. The van der Waals surface area contributed by atoms with Crippen LogP contribution in [0.15, 0.2) is 36.9 Å². The first-order chi connectivity index (χ1) is 14.4. The first-order valence-electron chi connectivity index (χ1n) is 9.89. The zero-order valence-electron chi connectivity index (χ0n) is 16.8. The molecule has 2 aromatic rings. The Labute approximate surface area is 175 Å². The second kappa shape index (κ2) is 9.81. The summed E-state index contributed by atoms with van der Waals surface area (Å²) >= 11 is 0. The van der Waals surface area contributed by atoms with Crippen molar-refractivity contribution >= 4 is 27.5 Å². The summed E-state index contributed by atoms with van der Waals surface area (Å²) in [6, 6.07) is 7.04. The number of piperidine rings is 1. The first-order valence-corrected chi connectivity index (χ1v) is 11.5. The van der Waals surface area contributed by atoms with Crippen LogP contribution in [0.3, 0.4) is 0 Å². The van der Waals surface area contributed by atoms with Gasteiger partial charge < -0.3 is 10.6 Å². The summed E-state index contributed by atoms with van der Waals surface area (Å²) in [5, 5.41) is 9.36. The normalized spacial score (nSPS) is 17.4. The predicted molar refractivity (Wildman–Crippen MR) is 111 cm³/mol. The zero-order valence-corrected chi connectivity index (χ0v) is 17.6. The third-order valence-corrected chi connectivity index (χ3v) is 6.91. The van der Waals surface area contributed by atoms with E-state index in [0.29, 0.717) is 31.5 Å². The van der Waals surface area contributed by atoms with Crippen molar-refractivity contribution in [3.05, 3.63) is 36.9 Å². The van der Waals surface area contributed by atoms with Crippen LogP contribution in [0.2, 0.25) is 0 Å². The molecule has 0 bridgehead atoms. The third kappa shape index (κ3) is 5.63. The fraction of sp³-hybridized carbons (Fsp3) is 0.474. The minimum Gasteiger partial charge on any atom is -0.347 e. The van der Waals surface area contributed by atoms with Crippen LogP contribution in [-0.4, -0.2) is 64.7 Å². The molecule has 0 spiro atoms. The number of hydrogen-bond donors (Lipinski definition) is 2. The maximum atomic E-state index is 12.4. The van der Waals surface area contributed by atoms with Crippen LogP contribution < -0.4 is 10.6 Å². The number of sulfonamides is 1. The van der Waals surface area contributed by atoms with E-state index < -0.39 is 15.9 Å². The summed E-state index contributed by atoms with van der Waals surface area (Å²) in [6.45, 7) is 2.24. The molecule has 0 aliphatic carbocycles. The Bertz CT molecular complexity index is 959. The van der Waals surface area contributed by atoms with E-state index in [1.54, 1.807) is 35.3 Å². The molecule has 0 saturated carbocycles. The predicted octanol–water partition coefficient (Wildman–Crippen LogP) is 0.774. The molecule has 30 heavy (non-hydrogen) atoms. The van der Waals surface area contributed by atoms with Crippen LogP contribution >= 0.6 is 0 Å². The van der Waals surface area contributed by atoms with E-state index in [0.717, 1.165) is 5.69 Å². The Hall–Kier alpha value is -2.79. The van der Waals surface area contributed by atoms with Crippen LogP contribution in [-0.2, 0) is 19.6 Å². The lowest BCUT2D eigenvalue weighted by Gasteiger charge is -2.31. The average molecular weight is 435 g/mol.